The van der Waals surface area contributed by atoms with Crippen molar-refractivity contribution in [2.24, 2.45) is 5.92 Å². The second kappa shape index (κ2) is 10.5. The summed E-state index contributed by atoms with van der Waals surface area (Å²) in [7, 11) is -4.00. The van der Waals surface area contributed by atoms with E-state index >= 15 is 0 Å². The predicted molar refractivity (Wildman–Crippen MR) is 133 cm³/mol. The highest BCUT2D eigenvalue weighted by Gasteiger charge is 2.36. The van der Waals surface area contributed by atoms with Crippen LogP contribution in [0.4, 0.5) is 14.5 Å². The average molecular weight is 536 g/mol. The van der Waals surface area contributed by atoms with Crippen molar-refractivity contribution in [2.45, 2.75) is 31.6 Å². The summed E-state index contributed by atoms with van der Waals surface area (Å²) < 4.78 is 60.4. The number of carbonyl (C=O) groups excluding carboxylic acids is 1. The molecule has 1 N–H and O–H groups in total. The summed E-state index contributed by atoms with van der Waals surface area (Å²) in [5.74, 6) is -2.13. The molecule has 4 rings (SSSR count). The zero-order valence-corrected chi connectivity index (χ0v) is 21.2. The minimum Gasteiger partial charge on any atom is -0.355 e. The normalized spacial score (nSPS) is 15.5. The summed E-state index contributed by atoms with van der Waals surface area (Å²) in [5, 5.41) is 7.15. The Hall–Kier alpha value is -3.08. The Balaban J connectivity index is 1.46. The molecular formula is C25H24ClF2N3O4S. The highest BCUT2D eigenvalue weighted by molar-refractivity contribution is 7.89. The summed E-state index contributed by atoms with van der Waals surface area (Å²) in [6.45, 7) is 3.63. The van der Waals surface area contributed by atoms with E-state index in [0.29, 0.717) is 23.6 Å². The number of sulfonamides is 1. The van der Waals surface area contributed by atoms with Crippen molar-refractivity contribution in [2.75, 3.05) is 18.4 Å². The second-order valence-corrected chi connectivity index (χ2v) is 10.9. The summed E-state index contributed by atoms with van der Waals surface area (Å²) >= 11 is 6.12. The molecule has 1 amide bonds. The standard InChI is InChI=1S/C25H24ClF2N3O4S/c1-15-3-7-20(14-21(15)26)29-25(32)18-9-11-31(12-10-18)36(33,34)24-16(2)30-35-23(24)8-5-17-4-6-19(27)13-22(17)28/h3-8,13-14,18H,9-12H2,1-2H3,(H,29,32). The summed E-state index contributed by atoms with van der Waals surface area (Å²) in [6.07, 6.45) is 3.25. The Morgan fingerprint density at radius 1 is 1.14 bits per heavy atom. The van der Waals surface area contributed by atoms with Crippen LogP contribution in [0.5, 0.6) is 0 Å². The molecule has 0 bridgehead atoms. The topological polar surface area (TPSA) is 92.5 Å². The van der Waals surface area contributed by atoms with Crippen molar-refractivity contribution in [3.63, 3.8) is 0 Å². The molecule has 1 aromatic heterocycles. The molecule has 0 radical (unpaired) electrons. The molecule has 1 aliphatic heterocycles. The maximum Gasteiger partial charge on any atom is 0.248 e. The van der Waals surface area contributed by atoms with E-state index in [1.54, 1.807) is 12.1 Å². The molecule has 1 aliphatic rings. The van der Waals surface area contributed by atoms with Crippen molar-refractivity contribution in [3.05, 3.63) is 75.6 Å². The summed E-state index contributed by atoms with van der Waals surface area (Å²) in [6, 6.07) is 8.32. The summed E-state index contributed by atoms with van der Waals surface area (Å²) in [5.41, 5.74) is 1.70. The molecule has 3 aromatic rings. The van der Waals surface area contributed by atoms with E-state index in [4.69, 9.17) is 16.1 Å². The number of benzene rings is 2. The highest BCUT2D eigenvalue weighted by Crippen LogP contribution is 2.30. The van der Waals surface area contributed by atoms with Crippen molar-refractivity contribution in [1.82, 2.24) is 9.46 Å². The minimum absolute atomic E-state index is 0.0626. The van der Waals surface area contributed by atoms with Gasteiger partial charge in [-0.3, -0.25) is 4.79 Å². The smallest absolute Gasteiger partial charge is 0.248 e. The number of nitrogens with one attached hydrogen (secondary N) is 1. The van der Waals surface area contributed by atoms with Crippen LogP contribution in [-0.2, 0) is 14.8 Å². The molecule has 0 aliphatic carbocycles. The predicted octanol–water partition coefficient (Wildman–Crippen LogP) is 5.43. The first-order valence-corrected chi connectivity index (χ1v) is 13.0. The van der Waals surface area contributed by atoms with Crippen LogP contribution in [0.2, 0.25) is 5.02 Å². The Labute approximate surface area is 212 Å². The van der Waals surface area contributed by atoms with Gasteiger partial charge in [-0.1, -0.05) is 22.8 Å². The van der Waals surface area contributed by atoms with Gasteiger partial charge in [-0.2, -0.15) is 4.31 Å². The number of amides is 1. The van der Waals surface area contributed by atoms with Gasteiger partial charge in [0, 0.05) is 41.3 Å². The van der Waals surface area contributed by atoms with Gasteiger partial charge in [0.15, 0.2) is 10.7 Å². The number of hydrogen-bond donors (Lipinski definition) is 1. The van der Waals surface area contributed by atoms with Gasteiger partial charge >= 0.3 is 0 Å². The van der Waals surface area contributed by atoms with Gasteiger partial charge in [-0.25, -0.2) is 17.2 Å². The van der Waals surface area contributed by atoms with Crippen molar-refractivity contribution < 1.29 is 26.5 Å². The van der Waals surface area contributed by atoms with Gasteiger partial charge in [0.2, 0.25) is 15.9 Å². The molecule has 7 nitrogen and oxygen atoms in total. The largest absolute Gasteiger partial charge is 0.355 e. The van der Waals surface area contributed by atoms with Crippen LogP contribution in [0.25, 0.3) is 12.2 Å². The quantitative estimate of drug-likeness (QED) is 0.454. The van der Waals surface area contributed by atoms with Crippen LogP contribution in [0, 0.1) is 31.4 Å². The van der Waals surface area contributed by atoms with E-state index in [1.807, 2.05) is 13.0 Å². The fourth-order valence-electron chi connectivity index (χ4n) is 4.00. The third-order valence-corrected chi connectivity index (χ3v) is 8.54. The van der Waals surface area contributed by atoms with Gasteiger partial charge < -0.3 is 9.84 Å². The maximum atomic E-state index is 14.0. The minimum atomic E-state index is -4.00. The van der Waals surface area contributed by atoms with E-state index < -0.39 is 21.7 Å². The number of hydrogen-bond acceptors (Lipinski definition) is 5. The maximum absolute atomic E-state index is 14.0. The van der Waals surface area contributed by atoms with Crippen LogP contribution in [0.15, 0.2) is 45.8 Å². The lowest BCUT2D eigenvalue weighted by molar-refractivity contribution is -0.120. The third kappa shape index (κ3) is 5.50. The van der Waals surface area contributed by atoms with E-state index in [0.717, 1.165) is 17.7 Å². The first kappa shape index (κ1) is 26.0. The molecule has 1 fully saturated rings. The van der Waals surface area contributed by atoms with Crippen molar-refractivity contribution in [3.8, 4) is 0 Å². The highest BCUT2D eigenvalue weighted by atomic mass is 35.5. The van der Waals surface area contributed by atoms with Gasteiger partial charge in [-0.15, -0.1) is 0 Å². The number of halogens is 3. The van der Waals surface area contributed by atoms with E-state index in [1.165, 1.54) is 29.4 Å². The fraction of sp³-hybridized carbons (Fsp3) is 0.280. The monoisotopic (exact) mass is 535 g/mol. The van der Waals surface area contributed by atoms with E-state index in [9.17, 15) is 22.0 Å². The summed E-state index contributed by atoms with van der Waals surface area (Å²) in [4.78, 5) is 12.6. The number of aromatic nitrogens is 1. The lowest BCUT2D eigenvalue weighted by atomic mass is 9.97. The zero-order valence-electron chi connectivity index (χ0n) is 19.6. The SMILES string of the molecule is Cc1ccc(NC(=O)C2CCN(S(=O)(=O)c3c(C)noc3C=Cc3ccc(F)cc3F)CC2)cc1Cl. The van der Waals surface area contributed by atoms with Gasteiger partial charge in [0.1, 0.15) is 17.3 Å². The molecule has 0 spiro atoms. The molecule has 11 heteroatoms. The number of anilines is 1. The molecule has 0 saturated carbocycles. The molecule has 190 valence electrons. The molecule has 1 saturated heterocycles. The zero-order chi connectivity index (χ0) is 26.0. The van der Waals surface area contributed by atoms with Gasteiger partial charge in [0.25, 0.3) is 0 Å². The Bertz CT molecular complexity index is 1430. The average Bonchev–Trinajstić information content (AvgIpc) is 3.22. The van der Waals surface area contributed by atoms with Gasteiger partial charge in [-0.05, 0) is 68.7 Å². The molecule has 2 aromatic carbocycles. The molecular weight excluding hydrogens is 512 g/mol. The third-order valence-electron chi connectivity index (χ3n) is 6.07. The van der Waals surface area contributed by atoms with E-state index in [2.05, 4.69) is 10.5 Å². The lowest BCUT2D eigenvalue weighted by Gasteiger charge is -2.30. The Kier molecular flexibility index (Phi) is 7.58. The Morgan fingerprint density at radius 3 is 2.53 bits per heavy atom. The number of nitrogens with zero attached hydrogens (tertiary/aromatic N) is 2. The number of rotatable bonds is 6. The molecule has 0 atom stereocenters. The number of aryl methyl sites for hydroxylation is 2. The first-order chi connectivity index (χ1) is 17.1. The Morgan fingerprint density at radius 2 is 1.86 bits per heavy atom. The van der Waals surface area contributed by atoms with Crippen LogP contribution < -0.4 is 5.32 Å². The molecule has 2 heterocycles. The van der Waals surface area contributed by atoms with Crippen LogP contribution >= 0.6 is 11.6 Å². The molecule has 36 heavy (non-hydrogen) atoms. The fourth-order valence-corrected chi connectivity index (χ4v) is 5.90. The van der Waals surface area contributed by atoms with Crippen molar-refractivity contribution in [1.29, 1.82) is 0 Å². The van der Waals surface area contributed by atoms with E-state index in [-0.39, 0.29) is 46.8 Å². The van der Waals surface area contributed by atoms with Crippen molar-refractivity contribution >= 4 is 45.4 Å². The lowest BCUT2D eigenvalue weighted by Crippen LogP contribution is -2.41. The van der Waals surface area contributed by atoms with Crippen LogP contribution in [-0.4, -0.2) is 36.9 Å². The number of piperidine rings is 1. The second-order valence-electron chi connectivity index (χ2n) is 8.59. The van der Waals surface area contributed by atoms with Gasteiger partial charge in [0.05, 0.1) is 0 Å². The number of carbonyl (C=O) groups is 1. The van der Waals surface area contributed by atoms with Crippen LogP contribution in [0.1, 0.15) is 35.4 Å². The van der Waals surface area contributed by atoms with Crippen LogP contribution in [0.3, 0.4) is 0 Å². The first-order valence-electron chi connectivity index (χ1n) is 11.2. The molecule has 0 unspecified atom stereocenters.